The van der Waals surface area contributed by atoms with Crippen LogP contribution in [0.1, 0.15) is 18.1 Å². The monoisotopic (exact) mass is 356 g/mol. The van der Waals surface area contributed by atoms with Crippen LogP contribution < -0.4 is 14.8 Å². The number of hydrogen-bond acceptors (Lipinski definition) is 5. The van der Waals surface area contributed by atoms with Gasteiger partial charge in [0.05, 0.1) is 19.1 Å². The first-order valence-electron chi connectivity index (χ1n) is 7.86. The van der Waals surface area contributed by atoms with Crippen LogP contribution in [0.4, 0.5) is 5.69 Å². The van der Waals surface area contributed by atoms with Crippen LogP contribution in [0.2, 0.25) is 0 Å². The molecule has 2 aromatic carbocycles. The third-order valence-electron chi connectivity index (χ3n) is 3.77. The van der Waals surface area contributed by atoms with E-state index >= 15 is 0 Å². The van der Waals surface area contributed by atoms with E-state index in [4.69, 9.17) is 9.47 Å². The molecule has 1 amide bonds. The number of nitro benzene ring substituents is 1. The molecule has 136 valence electrons. The molecule has 1 N–H and O–H groups in total. The standard InChI is InChI=1S/C19H20N2O5/c1-13(15-5-4-6-16(11-15)21(23)24)9-19(22)20-12-14-7-8-17(25-2)18(10-14)26-3/h4-11H,12H2,1-3H3,(H,20,22). The van der Waals surface area contributed by atoms with Crippen LogP contribution in [0.25, 0.3) is 5.57 Å². The van der Waals surface area contributed by atoms with E-state index in [0.29, 0.717) is 29.2 Å². The maximum Gasteiger partial charge on any atom is 0.270 e. The van der Waals surface area contributed by atoms with Gasteiger partial charge >= 0.3 is 0 Å². The average molecular weight is 356 g/mol. The summed E-state index contributed by atoms with van der Waals surface area (Å²) in [4.78, 5) is 22.5. The molecule has 0 unspecified atom stereocenters. The summed E-state index contributed by atoms with van der Waals surface area (Å²) in [6.07, 6.45) is 1.42. The molecular weight excluding hydrogens is 336 g/mol. The van der Waals surface area contributed by atoms with E-state index < -0.39 is 4.92 Å². The second kappa shape index (κ2) is 8.66. The van der Waals surface area contributed by atoms with E-state index in [2.05, 4.69) is 5.32 Å². The Morgan fingerprint density at radius 1 is 1.15 bits per heavy atom. The van der Waals surface area contributed by atoms with E-state index in [-0.39, 0.29) is 11.6 Å². The Hall–Kier alpha value is -3.35. The van der Waals surface area contributed by atoms with Crippen molar-refractivity contribution in [2.24, 2.45) is 0 Å². The highest BCUT2D eigenvalue weighted by atomic mass is 16.6. The topological polar surface area (TPSA) is 90.7 Å². The molecule has 26 heavy (non-hydrogen) atoms. The molecule has 0 fully saturated rings. The van der Waals surface area contributed by atoms with Crippen molar-refractivity contribution in [1.82, 2.24) is 5.32 Å². The fourth-order valence-corrected chi connectivity index (χ4v) is 2.38. The van der Waals surface area contributed by atoms with Crippen LogP contribution in [0, 0.1) is 10.1 Å². The highest BCUT2D eigenvalue weighted by Gasteiger charge is 2.08. The predicted molar refractivity (Wildman–Crippen MR) is 98.1 cm³/mol. The number of nitrogens with one attached hydrogen (secondary N) is 1. The summed E-state index contributed by atoms with van der Waals surface area (Å²) in [6.45, 7) is 2.05. The van der Waals surface area contributed by atoms with Gasteiger partial charge in [0, 0.05) is 24.8 Å². The molecule has 0 saturated carbocycles. The number of ether oxygens (including phenoxy) is 2. The van der Waals surface area contributed by atoms with Crippen molar-refractivity contribution >= 4 is 17.2 Å². The summed E-state index contributed by atoms with van der Waals surface area (Å²) in [5.41, 5.74) is 2.11. The van der Waals surface area contributed by atoms with Gasteiger partial charge in [0.25, 0.3) is 5.69 Å². The molecule has 0 spiro atoms. The number of allylic oxidation sites excluding steroid dienone is 1. The third kappa shape index (κ3) is 4.83. The number of nitro groups is 1. The molecule has 2 rings (SSSR count). The van der Waals surface area contributed by atoms with Crippen molar-refractivity contribution in [3.8, 4) is 11.5 Å². The van der Waals surface area contributed by atoms with Gasteiger partial charge in [0.15, 0.2) is 11.5 Å². The van der Waals surface area contributed by atoms with Gasteiger partial charge in [0.2, 0.25) is 5.91 Å². The SMILES string of the molecule is COc1ccc(CNC(=O)C=C(C)c2cccc([N+](=O)[O-])c2)cc1OC. The average Bonchev–Trinajstić information content (AvgIpc) is 2.66. The molecule has 0 aliphatic carbocycles. The number of non-ortho nitro benzene ring substituents is 1. The first-order valence-corrected chi connectivity index (χ1v) is 7.86. The highest BCUT2D eigenvalue weighted by molar-refractivity contribution is 5.94. The van der Waals surface area contributed by atoms with Gasteiger partial charge in [-0.2, -0.15) is 0 Å². The second-order valence-corrected chi connectivity index (χ2v) is 5.54. The van der Waals surface area contributed by atoms with E-state index in [0.717, 1.165) is 5.56 Å². The lowest BCUT2D eigenvalue weighted by Gasteiger charge is -2.10. The Labute approximate surface area is 151 Å². The summed E-state index contributed by atoms with van der Waals surface area (Å²) >= 11 is 0. The van der Waals surface area contributed by atoms with Crippen LogP contribution in [-0.4, -0.2) is 25.1 Å². The zero-order chi connectivity index (χ0) is 19.1. The lowest BCUT2D eigenvalue weighted by Crippen LogP contribution is -2.20. The number of nitrogens with zero attached hydrogens (tertiary/aromatic N) is 1. The summed E-state index contributed by atoms with van der Waals surface area (Å²) in [7, 11) is 3.10. The van der Waals surface area contributed by atoms with Crippen LogP contribution >= 0.6 is 0 Å². The number of hydrogen-bond donors (Lipinski definition) is 1. The number of carbonyl (C=O) groups is 1. The molecule has 0 heterocycles. The van der Waals surface area contributed by atoms with Crippen molar-refractivity contribution in [2.45, 2.75) is 13.5 Å². The second-order valence-electron chi connectivity index (χ2n) is 5.54. The fourth-order valence-electron chi connectivity index (χ4n) is 2.38. The van der Waals surface area contributed by atoms with E-state index in [1.165, 1.54) is 18.2 Å². The molecular formula is C19H20N2O5. The predicted octanol–water partition coefficient (Wildman–Crippen LogP) is 3.33. The largest absolute Gasteiger partial charge is 0.493 e. The molecule has 0 radical (unpaired) electrons. The van der Waals surface area contributed by atoms with Crippen LogP contribution in [0.15, 0.2) is 48.5 Å². The number of benzene rings is 2. The Morgan fingerprint density at radius 2 is 1.88 bits per heavy atom. The summed E-state index contributed by atoms with van der Waals surface area (Å²) in [5, 5.41) is 13.6. The van der Waals surface area contributed by atoms with Gasteiger partial charge in [0.1, 0.15) is 0 Å². The van der Waals surface area contributed by atoms with E-state index in [1.54, 1.807) is 45.4 Å². The van der Waals surface area contributed by atoms with E-state index in [9.17, 15) is 14.9 Å². The number of methoxy groups -OCH3 is 2. The van der Waals surface area contributed by atoms with Crippen molar-refractivity contribution in [3.63, 3.8) is 0 Å². The van der Waals surface area contributed by atoms with Crippen molar-refractivity contribution in [2.75, 3.05) is 14.2 Å². The van der Waals surface area contributed by atoms with Gasteiger partial charge in [-0.25, -0.2) is 0 Å². The molecule has 7 heteroatoms. The Balaban J connectivity index is 2.05. The van der Waals surface area contributed by atoms with Crippen LogP contribution in [-0.2, 0) is 11.3 Å². The minimum absolute atomic E-state index is 0.0130. The normalized spacial score (nSPS) is 11.0. The third-order valence-corrected chi connectivity index (χ3v) is 3.77. The molecule has 0 bridgehead atoms. The molecule has 0 saturated heterocycles. The fraction of sp³-hybridized carbons (Fsp3) is 0.211. The molecule has 7 nitrogen and oxygen atoms in total. The molecule has 2 aromatic rings. The number of rotatable bonds is 7. The summed E-state index contributed by atoms with van der Waals surface area (Å²) in [5.74, 6) is 0.912. The van der Waals surface area contributed by atoms with Crippen molar-refractivity contribution in [3.05, 3.63) is 69.8 Å². The van der Waals surface area contributed by atoms with Gasteiger partial charge in [-0.05, 0) is 35.8 Å². The van der Waals surface area contributed by atoms with Crippen molar-refractivity contribution in [1.29, 1.82) is 0 Å². The van der Waals surface area contributed by atoms with Gasteiger partial charge in [-0.1, -0.05) is 18.2 Å². The zero-order valence-corrected chi connectivity index (χ0v) is 14.8. The quantitative estimate of drug-likeness (QED) is 0.467. The first kappa shape index (κ1) is 19.0. The van der Waals surface area contributed by atoms with Gasteiger partial charge in [-0.15, -0.1) is 0 Å². The van der Waals surface area contributed by atoms with Crippen LogP contribution in [0.3, 0.4) is 0 Å². The lowest BCUT2D eigenvalue weighted by atomic mass is 10.1. The maximum atomic E-state index is 12.1. The number of amides is 1. The molecule has 0 aromatic heterocycles. The summed E-state index contributed by atoms with van der Waals surface area (Å²) < 4.78 is 10.4. The van der Waals surface area contributed by atoms with Crippen molar-refractivity contribution < 1.29 is 19.2 Å². The smallest absolute Gasteiger partial charge is 0.270 e. The number of carbonyl (C=O) groups excluding carboxylic acids is 1. The van der Waals surface area contributed by atoms with Gasteiger partial charge < -0.3 is 14.8 Å². The van der Waals surface area contributed by atoms with Gasteiger partial charge in [-0.3, -0.25) is 14.9 Å². The van der Waals surface area contributed by atoms with E-state index in [1.807, 2.05) is 6.07 Å². The molecule has 0 atom stereocenters. The Kier molecular flexibility index (Phi) is 6.32. The first-order chi connectivity index (χ1) is 12.4. The van der Waals surface area contributed by atoms with Crippen LogP contribution in [0.5, 0.6) is 11.5 Å². The lowest BCUT2D eigenvalue weighted by molar-refractivity contribution is -0.384. The minimum Gasteiger partial charge on any atom is -0.493 e. The molecule has 0 aliphatic heterocycles. The molecule has 0 aliphatic rings. The minimum atomic E-state index is -0.464. The maximum absolute atomic E-state index is 12.1. The Bertz CT molecular complexity index is 846. The summed E-state index contributed by atoms with van der Waals surface area (Å²) in [6, 6.07) is 11.5. The zero-order valence-electron chi connectivity index (χ0n) is 14.8. The Morgan fingerprint density at radius 3 is 2.54 bits per heavy atom. The highest BCUT2D eigenvalue weighted by Crippen LogP contribution is 2.27.